The fourth-order valence-electron chi connectivity index (χ4n) is 1.93. The number of nitrogens with two attached hydrogens (primary N) is 1. The van der Waals surface area contributed by atoms with E-state index in [1.54, 1.807) is 0 Å². The molecule has 0 unspecified atom stereocenters. The molecule has 1 amide bonds. The normalized spacial score (nSPS) is 10.6. The Labute approximate surface area is 116 Å². The van der Waals surface area contributed by atoms with E-state index in [1.807, 2.05) is 24.3 Å². The molecule has 0 radical (unpaired) electrons. The van der Waals surface area contributed by atoms with Gasteiger partial charge in [0.15, 0.2) is 0 Å². The number of nitrogens with one attached hydrogen (secondary N) is 1. The molecule has 3 N–H and O–H groups in total. The lowest BCUT2D eigenvalue weighted by atomic mass is 9.98. The van der Waals surface area contributed by atoms with Gasteiger partial charge in [0.2, 0.25) is 5.91 Å². The molecular weight excluding hydrogens is 248 g/mol. The van der Waals surface area contributed by atoms with Gasteiger partial charge in [0.1, 0.15) is 0 Å². The number of benzene rings is 1. The van der Waals surface area contributed by atoms with E-state index < -0.39 is 0 Å². The van der Waals surface area contributed by atoms with Crippen LogP contribution in [-0.2, 0) is 11.2 Å². The van der Waals surface area contributed by atoms with E-state index in [-0.39, 0.29) is 23.9 Å². The van der Waals surface area contributed by atoms with Gasteiger partial charge in [-0.05, 0) is 38.0 Å². The van der Waals surface area contributed by atoms with Crippen molar-refractivity contribution in [2.75, 3.05) is 5.73 Å². The SMILES string of the molecule is CCCC(C)(C)NC(=O)Cc1ccc(N)cc1.Cl. The topological polar surface area (TPSA) is 55.1 Å². The van der Waals surface area contributed by atoms with Gasteiger partial charge < -0.3 is 11.1 Å². The van der Waals surface area contributed by atoms with Crippen molar-refractivity contribution in [2.24, 2.45) is 0 Å². The second-order valence-corrected chi connectivity index (χ2v) is 5.10. The third-order valence-corrected chi connectivity index (χ3v) is 2.70. The van der Waals surface area contributed by atoms with Crippen molar-refractivity contribution in [1.82, 2.24) is 5.32 Å². The second-order valence-electron chi connectivity index (χ2n) is 5.10. The molecule has 1 aromatic carbocycles. The van der Waals surface area contributed by atoms with Crippen molar-refractivity contribution in [3.63, 3.8) is 0 Å². The third-order valence-electron chi connectivity index (χ3n) is 2.70. The van der Waals surface area contributed by atoms with Gasteiger partial charge in [-0.25, -0.2) is 0 Å². The number of rotatable bonds is 5. The monoisotopic (exact) mass is 270 g/mol. The molecule has 0 saturated heterocycles. The Balaban J connectivity index is 0.00000289. The number of nitrogen functional groups attached to an aromatic ring is 1. The van der Waals surface area contributed by atoms with Crippen LogP contribution in [0.15, 0.2) is 24.3 Å². The van der Waals surface area contributed by atoms with E-state index in [0.29, 0.717) is 6.42 Å². The highest BCUT2D eigenvalue weighted by atomic mass is 35.5. The molecule has 1 aromatic rings. The van der Waals surface area contributed by atoms with E-state index in [9.17, 15) is 4.79 Å². The molecule has 0 heterocycles. The van der Waals surface area contributed by atoms with Crippen molar-refractivity contribution >= 4 is 24.0 Å². The first-order valence-corrected chi connectivity index (χ1v) is 6.08. The lowest BCUT2D eigenvalue weighted by Gasteiger charge is -2.25. The molecule has 0 aliphatic heterocycles. The minimum atomic E-state index is -0.125. The number of anilines is 1. The van der Waals surface area contributed by atoms with Gasteiger partial charge in [0, 0.05) is 11.2 Å². The van der Waals surface area contributed by atoms with Crippen LogP contribution in [0.5, 0.6) is 0 Å². The molecule has 0 aliphatic carbocycles. The van der Waals surface area contributed by atoms with Gasteiger partial charge >= 0.3 is 0 Å². The molecule has 0 aliphatic rings. The van der Waals surface area contributed by atoms with Crippen molar-refractivity contribution < 1.29 is 4.79 Å². The predicted molar refractivity (Wildman–Crippen MR) is 78.9 cm³/mol. The van der Waals surface area contributed by atoms with Crippen LogP contribution in [0.2, 0.25) is 0 Å². The lowest BCUT2D eigenvalue weighted by molar-refractivity contribution is -0.122. The number of carbonyl (C=O) groups is 1. The first-order valence-electron chi connectivity index (χ1n) is 6.08. The molecule has 4 heteroatoms. The fourth-order valence-corrected chi connectivity index (χ4v) is 1.93. The van der Waals surface area contributed by atoms with Gasteiger partial charge in [-0.3, -0.25) is 4.79 Å². The number of carbonyl (C=O) groups excluding carboxylic acids is 1. The zero-order valence-corrected chi connectivity index (χ0v) is 12.1. The minimum Gasteiger partial charge on any atom is -0.399 e. The van der Waals surface area contributed by atoms with Crippen molar-refractivity contribution in [3.8, 4) is 0 Å². The molecule has 0 spiro atoms. The maximum absolute atomic E-state index is 11.8. The summed E-state index contributed by atoms with van der Waals surface area (Å²) in [5.41, 5.74) is 7.19. The summed E-state index contributed by atoms with van der Waals surface area (Å²) >= 11 is 0. The van der Waals surface area contributed by atoms with Gasteiger partial charge in [-0.2, -0.15) is 0 Å². The van der Waals surface area contributed by atoms with Crippen LogP contribution in [0.4, 0.5) is 5.69 Å². The van der Waals surface area contributed by atoms with Gasteiger partial charge in [-0.15, -0.1) is 12.4 Å². The Bertz CT molecular complexity index is 374. The van der Waals surface area contributed by atoms with Crippen molar-refractivity contribution in [2.45, 2.75) is 45.6 Å². The van der Waals surface area contributed by atoms with Gasteiger partial charge in [0.25, 0.3) is 0 Å². The summed E-state index contributed by atoms with van der Waals surface area (Å²) in [5, 5.41) is 3.05. The average Bonchev–Trinajstić information content (AvgIpc) is 2.20. The molecule has 3 nitrogen and oxygen atoms in total. The highest BCUT2D eigenvalue weighted by Gasteiger charge is 2.18. The standard InChI is InChI=1S/C14H22N2O.ClH/c1-4-9-14(2,3)16-13(17)10-11-5-7-12(15)8-6-11;/h5-8H,4,9-10,15H2,1-3H3,(H,16,17);1H. The molecule has 0 aromatic heterocycles. The summed E-state index contributed by atoms with van der Waals surface area (Å²) in [6, 6.07) is 7.42. The van der Waals surface area contributed by atoms with Crippen LogP contribution in [0.3, 0.4) is 0 Å². The van der Waals surface area contributed by atoms with Crippen LogP contribution >= 0.6 is 12.4 Å². The largest absolute Gasteiger partial charge is 0.399 e. The first kappa shape index (κ1) is 16.8. The van der Waals surface area contributed by atoms with E-state index in [2.05, 4.69) is 26.1 Å². The highest BCUT2D eigenvalue weighted by molar-refractivity contribution is 5.85. The molecule has 0 bridgehead atoms. The van der Waals surface area contributed by atoms with Crippen LogP contribution in [-0.4, -0.2) is 11.4 Å². The lowest BCUT2D eigenvalue weighted by Crippen LogP contribution is -2.43. The summed E-state index contributed by atoms with van der Waals surface area (Å²) in [6.07, 6.45) is 2.46. The van der Waals surface area contributed by atoms with E-state index in [4.69, 9.17) is 5.73 Å². The molecule has 102 valence electrons. The summed E-state index contributed by atoms with van der Waals surface area (Å²) in [7, 11) is 0. The molecule has 0 atom stereocenters. The maximum atomic E-state index is 11.8. The number of halogens is 1. The first-order chi connectivity index (χ1) is 7.93. The van der Waals surface area contributed by atoms with Crippen molar-refractivity contribution in [1.29, 1.82) is 0 Å². The van der Waals surface area contributed by atoms with Crippen LogP contribution < -0.4 is 11.1 Å². The Kier molecular flexibility index (Phi) is 6.77. The second kappa shape index (κ2) is 7.27. The van der Waals surface area contributed by atoms with Crippen LogP contribution in [0.25, 0.3) is 0 Å². The number of hydrogen-bond donors (Lipinski definition) is 2. The summed E-state index contributed by atoms with van der Waals surface area (Å²) in [4.78, 5) is 11.8. The quantitative estimate of drug-likeness (QED) is 0.809. The summed E-state index contributed by atoms with van der Waals surface area (Å²) in [6.45, 7) is 6.22. The van der Waals surface area contributed by atoms with Gasteiger partial charge in [0.05, 0.1) is 6.42 Å². The highest BCUT2D eigenvalue weighted by Crippen LogP contribution is 2.12. The summed E-state index contributed by atoms with van der Waals surface area (Å²) < 4.78 is 0. The smallest absolute Gasteiger partial charge is 0.224 e. The number of amides is 1. The van der Waals surface area contributed by atoms with Crippen molar-refractivity contribution in [3.05, 3.63) is 29.8 Å². The number of hydrogen-bond acceptors (Lipinski definition) is 2. The van der Waals surface area contributed by atoms with E-state index >= 15 is 0 Å². The van der Waals surface area contributed by atoms with Crippen LogP contribution in [0, 0.1) is 0 Å². The Morgan fingerprint density at radius 2 is 1.83 bits per heavy atom. The Morgan fingerprint density at radius 3 is 2.33 bits per heavy atom. The fraction of sp³-hybridized carbons (Fsp3) is 0.500. The molecule has 1 rings (SSSR count). The predicted octanol–water partition coefficient (Wildman–Crippen LogP) is 2.93. The molecule has 0 saturated carbocycles. The summed E-state index contributed by atoms with van der Waals surface area (Å²) in [5.74, 6) is 0.0632. The maximum Gasteiger partial charge on any atom is 0.224 e. The third kappa shape index (κ3) is 5.92. The molecule has 0 fully saturated rings. The zero-order chi connectivity index (χ0) is 12.9. The Hall–Kier alpha value is -1.22. The average molecular weight is 271 g/mol. The van der Waals surface area contributed by atoms with E-state index in [0.717, 1.165) is 24.1 Å². The zero-order valence-electron chi connectivity index (χ0n) is 11.3. The molecular formula is C14H23ClN2O. The Morgan fingerprint density at radius 1 is 1.28 bits per heavy atom. The van der Waals surface area contributed by atoms with Crippen LogP contribution in [0.1, 0.15) is 39.2 Å². The van der Waals surface area contributed by atoms with Gasteiger partial charge in [-0.1, -0.05) is 25.5 Å². The van der Waals surface area contributed by atoms with E-state index in [1.165, 1.54) is 0 Å². The molecule has 18 heavy (non-hydrogen) atoms. The minimum absolute atomic E-state index is 0.